The Morgan fingerprint density at radius 2 is 1.75 bits per heavy atom. The predicted molar refractivity (Wildman–Crippen MR) is 80.6 cm³/mol. The molecule has 106 valence electrons. The monoisotopic (exact) mass is 273 g/mol. The fourth-order valence-corrected chi connectivity index (χ4v) is 2.42. The quantitative estimate of drug-likeness (QED) is 0.855. The van der Waals surface area contributed by atoms with Crippen LogP contribution in [0.2, 0.25) is 0 Å². The molecule has 3 rings (SSSR count). The Morgan fingerprint density at radius 3 is 2.35 bits per heavy atom. The minimum atomic E-state index is -0.378. The van der Waals surface area contributed by atoms with Crippen LogP contribution in [-0.4, -0.2) is 30.4 Å². The first kappa shape index (κ1) is 13.5. The molecule has 1 aromatic heterocycles. The summed E-state index contributed by atoms with van der Waals surface area (Å²) in [6, 6.07) is 7.97. The van der Waals surface area contributed by atoms with Gasteiger partial charge in [-0.15, -0.1) is 0 Å². The summed E-state index contributed by atoms with van der Waals surface area (Å²) in [7, 11) is 1.30. The Labute approximate surface area is 119 Å². The van der Waals surface area contributed by atoms with Gasteiger partial charge in [0.05, 0.1) is 18.3 Å². The van der Waals surface area contributed by atoms with Gasteiger partial charge in [0, 0.05) is 16.5 Å². The zero-order valence-corrected chi connectivity index (χ0v) is 12.6. The van der Waals surface area contributed by atoms with Gasteiger partial charge in [0.1, 0.15) is 5.75 Å². The molecular weight excluding hydrogens is 253 g/mol. The predicted octanol–water partition coefficient (Wildman–Crippen LogP) is 2.48. The number of hydrogen-bond donors (Lipinski definition) is 1. The van der Waals surface area contributed by atoms with E-state index in [2.05, 4.69) is 32.7 Å². The van der Waals surface area contributed by atoms with Gasteiger partial charge in [0.15, 0.2) is 0 Å². The van der Waals surface area contributed by atoms with Gasteiger partial charge in [-0.1, -0.05) is 6.07 Å². The SMILES string of the molecule is COc1cccc2[nH]c(B3OC(C)(C)C(C)(C)O3)cc12. The molecule has 0 aliphatic carbocycles. The third-order valence-corrected chi connectivity index (χ3v) is 4.37. The van der Waals surface area contributed by atoms with Gasteiger partial charge in [-0.05, 0) is 45.9 Å². The summed E-state index contributed by atoms with van der Waals surface area (Å²) in [5.41, 5.74) is 1.27. The van der Waals surface area contributed by atoms with Crippen molar-refractivity contribution >= 4 is 23.6 Å². The lowest BCUT2D eigenvalue weighted by molar-refractivity contribution is 0.00578. The molecule has 0 spiro atoms. The Hall–Kier alpha value is -1.46. The van der Waals surface area contributed by atoms with Gasteiger partial charge < -0.3 is 19.0 Å². The van der Waals surface area contributed by atoms with Gasteiger partial charge in [0.25, 0.3) is 0 Å². The smallest absolute Gasteiger partial charge is 0.496 e. The second kappa shape index (κ2) is 4.27. The van der Waals surface area contributed by atoms with E-state index in [0.29, 0.717) is 0 Å². The lowest BCUT2D eigenvalue weighted by atomic mass is 9.85. The maximum absolute atomic E-state index is 6.06. The van der Waals surface area contributed by atoms with Gasteiger partial charge in [-0.25, -0.2) is 0 Å². The van der Waals surface area contributed by atoms with Gasteiger partial charge >= 0.3 is 7.12 Å². The molecule has 0 bridgehead atoms. The molecule has 1 N–H and O–H groups in total. The van der Waals surface area contributed by atoms with Gasteiger partial charge in [-0.2, -0.15) is 0 Å². The molecular formula is C15H20BNO3. The zero-order chi connectivity index (χ0) is 14.5. The molecule has 5 heteroatoms. The van der Waals surface area contributed by atoms with Crippen molar-refractivity contribution in [3.8, 4) is 5.75 Å². The van der Waals surface area contributed by atoms with Crippen LogP contribution in [0, 0.1) is 0 Å². The molecule has 0 atom stereocenters. The van der Waals surface area contributed by atoms with Crippen LogP contribution in [0.5, 0.6) is 5.75 Å². The molecule has 0 amide bonds. The molecule has 0 saturated carbocycles. The van der Waals surface area contributed by atoms with Crippen LogP contribution < -0.4 is 10.3 Å². The number of methoxy groups -OCH3 is 1. The molecule has 1 fully saturated rings. The molecule has 1 aliphatic rings. The average Bonchev–Trinajstić information content (AvgIpc) is 2.88. The summed E-state index contributed by atoms with van der Waals surface area (Å²) in [6.07, 6.45) is 0. The average molecular weight is 273 g/mol. The Morgan fingerprint density at radius 1 is 1.10 bits per heavy atom. The summed E-state index contributed by atoms with van der Waals surface area (Å²) < 4.78 is 17.5. The van der Waals surface area contributed by atoms with Crippen LogP contribution in [0.1, 0.15) is 27.7 Å². The van der Waals surface area contributed by atoms with Crippen molar-refractivity contribution in [3.63, 3.8) is 0 Å². The van der Waals surface area contributed by atoms with E-state index >= 15 is 0 Å². The number of aromatic nitrogens is 1. The maximum Gasteiger partial charge on any atom is 0.512 e. The molecule has 20 heavy (non-hydrogen) atoms. The highest BCUT2D eigenvalue weighted by Crippen LogP contribution is 2.36. The topological polar surface area (TPSA) is 43.5 Å². The summed E-state index contributed by atoms with van der Waals surface area (Å²) in [5, 5.41) is 1.04. The largest absolute Gasteiger partial charge is 0.512 e. The van der Waals surface area contributed by atoms with E-state index in [-0.39, 0.29) is 18.3 Å². The standard InChI is InChI=1S/C15H20BNO3/c1-14(2)15(3,4)20-16(19-14)13-9-10-11(17-13)7-6-8-12(10)18-5/h6-9,17H,1-5H3. The van der Waals surface area contributed by atoms with Crippen molar-refractivity contribution in [2.24, 2.45) is 0 Å². The van der Waals surface area contributed by atoms with Crippen molar-refractivity contribution in [1.29, 1.82) is 0 Å². The van der Waals surface area contributed by atoms with E-state index < -0.39 is 0 Å². The fourth-order valence-electron chi connectivity index (χ4n) is 2.42. The first-order valence-corrected chi connectivity index (χ1v) is 6.85. The molecule has 2 aromatic rings. The van der Waals surface area contributed by atoms with Crippen LogP contribution in [0.15, 0.2) is 24.3 Å². The summed E-state index contributed by atoms with van der Waals surface area (Å²) in [4.78, 5) is 3.36. The molecule has 1 aliphatic heterocycles. The normalized spacial score (nSPS) is 20.6. The number of fused-ring (bicyclic) bond motifs is 1. The maximum atomic E-state index is 6.06. The van der Waals surface area contributed by atoms with E-state index in [9.17, 15) is 0 Å². The summed E-state index contributed by atoms with van der Waals surface area (Å²) >= 11 is 0. The van der Waals surface area contributed by atoms with Crippen LogP contribution in [0.4, 0.5) is 0 Å². The third kappa shape index (κ3) is 1.93. The number of benzene rings is 1. The minimum absolute atomic E-state index is 0.334. The van der Waals surface area contributed by atoms with Crippen molar-refractivity contribution in [2.45, 2.75) is 38.9 Å². The minimum Gasteiger partial charge on any atom is -0.496 e. The van der Waals surface area contributed by atoms with E-state index in [1.54, 1.807) is 7.11 Å². The molecule has 0 unspecified atom stereocenters. The van der Waals surface area contributed by atoms with Crippen LogP contribution >= 0.6 is 0 Å². The summed E-state index contributed by atoms with van der Waals surface area (Å²) in [6.45, 7) is 8.21. The van der Waals surface area contributed by atoms with Crippen molar-refractivity contribution in [3.05, 3.63) is 24.3 Å². The first-order valence-electron chi connectivity index (χ1n) is 6.85. The van der Waals surface area contributed by atoms with Gasteiger partial charge in [0.2, 0.25) is 0 Å². The zero-order valence-electron chi connectivity index (χ0n) is 12.6. The second-order valence-electron chi connectivity index (χ2n) is 6.23. The Bertz CT molecular complexity index is 632. The van der Waals surface area contributed by atoms with Crippen molar-refractivity contribution in [2.75, 3.05) is 7.11 Å². The second-order valence-corrected chi connectivity index (χ2v) is 6.23. The summed E-state index contributed by atoms with van der Waals surface area (Å²) in [5.74, 6) is 0.849. The van der Waals surface area contributed by atoms with E-state index in [1.165, 1.54) is 0 Å². The molecule has 1 aromatic carbocycles. The van der Waals surface area contributed by atoms with Crippen molar-refractivity contribution < 1.29 is 14.0 Å². The van der Waals surface area contributed by atoms with Crippen LogP contribution in [0.3, 0.4) is 0 Å². The third-order valence-electron chi connectivity index (χ3n) is 4.37. The van der Waals surface area contributed by atoms with Crippen LogP contribution in [-0.2, 0) is 9.31 Å². The highest BCUT2D eigenvalue weighted by molar-refractivity contribution is 6.61. The number of aromatic amines is 1. The van der Waals surface area contributed by atoms with E-state index in [1.807, 2.05) is 24.3 Å². The lowest BCUT2D eigenvalue weighted by Crippen LogP contribution is -2.41. The highest BCUT2D eigenvalue weighted by atomic mass is 16.7. The number of rotatable bonds is 2. The van der Waals surface area contributed by atoms with Gasteiger partial charge in [-0.3, -0.25) is 0 Å². The molecule has 1 saturated heterocycles. The number of nitrogens with one attached hydrogen (secondary N) is 1. The van der Waals surface area contributed by atoms with Crippen molar-refractivity contribution in [1.82, 2.24) is 4.98 Å². The Kier molecular flexibility index (Phi) is 2.89. The first-order chi connectivity index (χ1) is 9.34. The van der Waals surface area contributed by atoms with E-state index in [4.69, 9.17) is 14.0 Å². The lowest BCUT2D eigenvalue weighted by Gasteiger charge is -2.32. The molecule has 4 nitrogen and oxygen atoms in total. The highest BCUT2D eigenvalue weighted by Gasteiger charge is 2.52. The molecule has 2 heterocycles. The Balaban J connectivity index is 2.00. The molecule has 0 radical (unpaired) electrons. The number of ether oxygens (including phenoxy) is 1. The fraction of sp³-hybridized carbons (Fsp3) is 0.467. The van der Waals surface area contributed by atoms with Crippen LogP contribution in [0.25, 0.3) is 10.9 Å². The number of hydrogen-bond acceptors (Lipinski definition) is 3. The number of H-pyrrole nitrogens is 1. The van der Waals surface area contributed by atoms with E-state index in [0.717, 1.165) is 22.2 Å².